The molecule has 0 saturated heterocycles. The quantitative estimate of drug-likeness (QED) is 0.106. The van der Waals surface area contributed by atoms with Crippen LogP contribution in [0.15, 0.2) is 133 Å². The lowest BCUT2D eigenvalue weighted by Crippen LogP contribution is -2.11. The molecule has 6 aromatic carbocycles. The van der Waals surface area contributed by atoms with E-state index in [4.69, 9.17) is 0 Å². The highest BCUT2D eigenvalue weighted by atomic mass is 15.1. The Hall–Kier alpha value is -5.08. The van der Waals surface area contributed by atoms with E-state index >= 15 is 0 Å². The number of hydrogen-bond donors (Lipinski definition) is 0. The van der Waals surface area contributed by atoms with Gasteiger partial charge in [0.1, 0.15) is 0 Å². The van der Waals surface area contributed by atoms with Gasteiger partial charge < -0.3 is 9.80 Å². The molecule has 0 aliphatic heterocycles. The molecular weight excluding hydrogens is 629 g/mol. The van der Waals surface area contributed by atoms with Crippen LogP contribution < -0.4 is 9.80 Å². The third kappa shape index (κ3) is 8.51. The zero-order valence-corrected chi connectivity index (χ0v) is 32.3. The van der Waals surface area contributed by atoms with Crippen molar-refractivity contribution in [2.75, 3.05) is 9.80 Å². The van der Waals surface area contributed by atoms with E-state index in [0.717, 1.165) is 62.7 Å². The molecule has 0 aliphatic carbocycles. The topological polar surface area (TPSA) is 6.48 Å². The summed E-state index contributed by atoms with van der Waals surface area (Å²) < 4.78 is 0. The molecule has 266 valence electrons. The molecule has 6 rings (SSSR count). The molecule has 2 nitrogen and oxygen atoms in total. The summed E-state index contributed by atoms with van der Waals surface area (Å²) in [5, 5.41) is 0. The molecule has 0 N–H and O–H groups in total. The molecule has 0 amide bonds. The highest BCUT2D eigenvalue weighted by Gasteiger charge is 2.16. The second-order valence-corrected chi connectivity index (χ2v) is 14.3. The van der Waals surface area contributed by atoms with Gasteiger partial charge in [-0.3, -0.25) is 0 Å². The highest BCUT2D eigenvalue weighted by molar-refractivity contribution is 5.81. The second kappa shape index (κ2) is 17.4. The molecule has 0 unspecified atom stereocenters. The van der Waals surface area contributed by atoms with Crippen LogP contribution in [0.2, 0.25) is 0 Å². The SMILES string of the molecule is CCCc1ccc(N(c2ccc(-c3ccc(N(c4ccc(CCC)cc4)c4ccc(CCC)c(C)c4)cc3)cc2)c2ccc(CCC)c(C)c2)cc1. The van der Waals surface area contributed by atoms with E-state index in [1.807, 2.05) is 0 Å². The van der Waals surface area contributed by atoms with Crippen LogP contribution in [-0.4, -0.2) is 0 Å². The summed E-state index contributed by atoms with van der Waals surface area (Å²) >= 11 is 0. The molecule has 0 atom stereocenters. The number of aryl methyl sites for hydroxylation is 6. The smallest absolute Gasteiger partial charge is 0.0464 e. The van der Waals surface area contributed by atoms with Crippen molar-refractivity contribution >= 4 is 34.1 Å². The van der Waals surface area contributed by atoms with E-state index in [0.29, 0.717) is 0 Å². The average Bonchev–Trinajstić information content (AvgIpc) is 3.16. The second-order valence-electron chi connectivity index (χ2n) is 14.3. The van der Waals surface area contributed by atoms with Gasteiger partial charge in [-0.2, -0.15) is 0 Å². The van der Waals surface area contributed by atoms with Gasteiger partial charge in [-0.1, -0.05) is 114 Å². The maximum Gasteiger partial charge on any atom is 0.0464 e. The Balaban J connectivity index is 1.32. The van der Waals surface area contributed by atoms with E-state index < -0.39 is 0 Å². The van der Waals surface area contributed by atoms with Crippen molar-refractivity contribution in [3.05, 3.63) is 167 Å². The first-order chi connectivity index (χ1) is 25.4. The predicted molar refractivity (Wildman–Crippen MR) is 227 cm³/mol. The molecule has 0 aliphatic rings. The minimum atomic E-state index is 1.10. The van der Waals surface area contributed by atoms with Gasteiger partial charge in [0.2, 0.25) is 0 Å². The highest BCUT2D eigenvalue weighted by Crippen LogP contribution is 2.39. The molecule has 0 saturated carbocycles. The van der Waals surface area contributed by atoms with E-state index in [-0.39, 0.29) is 0 Å². The molecule has 0 aromatic heterocycles. The fourth-order valence-electron chi connectivity index (χ4n) is 7.44. The lowest BCUT2D eigenvalue weighted by atomic mass is 10.0. The summed E-state index contributed by atoms with van der Waals surface area (Å²) in [5.41, 5.74) is 17.8. The largest absolute Gasteiger partial charge is 0.310 e. The van der Waals surface area contributed by atoms with Crippen molar-refractivity contribution in [2.45, 2.75) is 92.9 Å². The Morgan fingerprint density at radius 2 is 0.615 bits per heavy atom. The molecule has 52 heavy (non-hydrogen) atoms. The monoisotopic (exact) mass is 684 g/mol. The van der Waals surface area contributed by atoms with Gasteiger partial charge in [0.15, 0.2) is 0 Å². The molecule has 0 radical (unpaired) electrons. The van der Waals surface area contributed by atoms with Gasteiger partial charge in [0.25, 0.3) is 0 Å². The third-order valence-electron chi connectivity index (χ3n) is 10.3. The van der Waals surface area contributed by atoms with Crippen molar-refractivity contribution in [3.63, 3.8) is 0 Å². The van der Waals surface area contributed by atoms with Gasteiger partial charge in [0, 0.05) is 34.1 Å². The van der Waals surface area contributed by atoms with Gasteiger partial charge in [-0.05, 0) is 157 Å². The van der Waals surface area contributed by atoms with Crippen molar-refractivity contribution < 1.29 is 0 Å². The maximum absolute atomic E-state index is 2.39. The summed E-state index contributed by atoms with van der Waals surface area (Å²) in [6, 6.07) is 50.2. The lowest BCUT2D eigenvalue weighted by molar-refractivity contribution is 0.912. The van der Waals surface area contributed by atoms with Crippen molar-refractivity contribution in [2.24, 2.45) is 0 Å². The van der Waals surface area contributed by atoms with Crippen LogP contribution in [-0.2, 0) is 25.7 Å². The number of anilines is 6. The summed E-state index contributed by atoms with van der Waals surface area (Å²) in [4.78, 5) is 4.78. The van der Waals surface area contributed by atoms with E-state index in [1.165, 1.54) is 67.3 Å². The van der Waals surface area contributed by atoms with Gasteiger partial charge in [0.05, 0.1) is 0 Å². The summed E-state index contributed by atoms with van der Waals surface area (Å²) in [7, 11) is 0. The number of rotatable bonds is 15. The molecular formula is C50H56N2. The van der Waals surface area contributed by atoms with Crippen LogP contribution in [0.3, 0.4) is 0 Å². The van der Waals surface area contributed by atoms with Gasteiger partial charge in [-0.15, -0.1) is 0 Å². The van der Waals surface area contributed by atoms with Crippen LogP contribution in [0.5, 0.6) is 0 Å². The van der Waals surface area contributed by atoms with Crippen LogP contribution in [0.4, 0.5) is 34.1 Å². The van der Waals surface area contributed by atoms with E-state index in [1.54, 1.807) is 0 Å². The van der Waals surface area contributed by atoms with E-state index in [2.05, 4.69) is 185 Å². The Bertz CT molecular complexity index is 1870. The Morgan fingerprint density at radius 3 is 0.904 bits per heavy atom. The molecule has 6 aromatic rings. The number of hydrogen-bond acceptors (Lipinski definition) is 2. The zero-order chi connectivity index (χ0) is 36.5. The van der Waals surface area contributed by atoms with Crippen molar-refractivity contribution in [3.8, 4) is 11.1 Å². The standard InChI is InChI=1S/C50H56N2/c1-7-11-39-15-25-45(26-16-39)51(49-33-19-41(13-9-3)37(5)35-49)47-29-21-43(22-30-47)44-23-31-48(32-24-44)52(46-27-17-40(12-8-2)18-28-46)50-34-20-42(14-10-4)38(6)36-50/h15-36H,7-14H2,1-6H3. The lowest BCUT2D eigenvalue weighted by Gasteiger charge is -2.27. The minimum Gasteiger partial charge on any atom is -0.310 e. The first-order valence-electron chi connectivity index (χ1n) is 19.6. The average molecular weight is 685 g/mol. The fourth-order valence-corrected chi connectivity index (χ4v) is 7.44. The van der Waals surface area contributed by atoms with E-state index in [9.17, 15) is 0 Å². The number of nitrogens with zero attached hydrogens (tertiary/aromatic N) is 2. The van der Waals surface area contributed by atoms with Gasteiger partial charge in [-0.25, -0.2) is 0 Å². The van der Waals surface area contributed by atoms with Crippen LogP contribution in [0.1, 0.15) is 86.8 Å². The molecule has 0 bridgehead atoms. The first-order valence-corrected chi connectivity index (χ1v) is 19.6. The Morgan fingerprint density at radius 1 is 0.327 bits per heavy atom. The van der Waals surface area contributed by atoms with Gasteiger partial charge >= 0.3 is 0 Å². The van der Waals surface area contributed by atoms with Crippen LogP contribution in [0.25, 0.3) is 11.1 Å². The molecule has 0 fully saturated rings. The summed E-state index contributed by atoms with van der Waals surface area (Å²) in [6.45, 7) is 13.5. The normalized spacial score (nSPS) is 11.1. The Kier molecular flexibility index (Phi) is 12.3. The molecule has 0 spiro atoms. The number of benzene rings is 6. The summed E-state index contributed by atoms with van der Waals surface area (Å²) in [5.74, 6) is 0. The zero-order valence-electron chi connectivity index (χ0n) is 32.3. The third-order valence-corrected chi connectivity index (χ3v) is 10.3. The molecule has 2 heteroatoms. The minimum absolute atomic E-state index is 1.10. The Labute approximate surface area is 313 Å². The summed E-state index contributed by atoms with van der Waals surface area (Å²) in [6.07, 6.45) is 9.04. The molecule has 0 heterocycles. The first kappa shape index (κ1) is 36.7. The maximum atomic E-state index is 2.39. The van der Waals surface area contributed by atoms with Crippen molar-refractivity contribution in [1.82, 2.24) is 0 Å². The van der Waals surface area contributed by atoms with Crippen LogP contribution in [0, 0.1) is 13.8 Å². The predicted octanol–water partition coefficient (Wildman–Crippen LogP) is 14.7. The fraction of sp³-hybridized carbons (Fsp3) is 0.280. The van der Waals surface area contributed by atoms with Crippen molar-refractivity contribution in [1.29, 1.82) is 0 Å². The van der Waals surface area contributed by atoms with Crippen LogP contribution >= 0.6 is 0 Å².